The van der Waals surface area contributed by atoms with Crippen LogP contribution in [0.5, 0.6) is 0 Å². The van der Waals surface area contributed by atoms with Gasteiger partial charge in [0.25, 0.3) is 0 Å². The summed E-state index contributed by atoms with van der Waals surface area (Å²) in [5, 5.41) is 30.6. The first-order chi connectivity index (χ1) is 21.9. The maximum absolute atomic E-state index is 13.2. The van der Waals surface area contributed by atoms with E-state index in [1.807, 2.05) is 0 Å². The van der Waals surface area contributed by atoms with Crippen LogP contribution in [0.15, 0.2) is 30.3 Å². The van der Waals surface area contributed by atoms with E-state index in [1.165, 1.54) is 13.8 Å². The molecule has 1 aromatic carbocycles. The van der Waals surface area contributed by atoms with Gasteiger partial charge in [0, 0.05) is 12.8 Å². The van der Waals surface area contributed by atoms with Gasteiger partial charge in [-0.3, -0.25) is 33.6 Å². The van der Waals surface area contributed by atoms with Crippen molar-refractivity contribution in [3.8, 4) is 0 Å². The van der Waals surface area contributed by atoms with Gasteiger partial charge in [0.15, 0.2) is 0 Å². The van der Waals surface area contributed by atoms with Gasteiger partial charge < -0.3 is 48.3 Å². The predicted octanol–water partition coefficient (Wildman–Crippen LogP) is -2.11. The Morgan fingerprint density at radius 1 is 0.681 bits per heavy atom. The number of carboxylic acids is 2. The van der Waals surface area contributed by atoms with Gasteiger partial charge in [-0.1, -0.05) is 44.2 Å². The third kappa shape index (κ3) is 15.2. The Bertz CT molecular complexity index is 1290. The van der Waals surface area contributed by atoms with E-state index in [2.05, 4.69) is 26.6 Å². The topological polar surface area (TPSA) is 289 Å². The molecule has 6 amide bonds. The van der Waals surface area contributed by atoms with Gasteiger partial charge in [0.2, 0.25) is 35.4 Å². The summed E-state index contributed by atoms with van der Waals surface area (Å²) in [5.41, 5.74) is 11.3. The number of hydrogen-bond donors (Lipinski definition) is 9. The summed E-state index contributed by atoms with van der Waals surface area (Å²) in [5.74, 6) is -7.62. The molecule has 0 heterocycles. The first kappa shape index (κ1) is 40.0. The van der Waals surface area contributed by atoms with Crippen molar-refractivity contribution in [1.29, 1.82) is 0 Å². The Morgan fingerprint density at radius 3 is 1.68 bits per heavy atom. The van der Waals surface area contributed by atoms with Crippen LogP contribution >= 0.6 is 0 Å². The summed E-state index contributed by atoms with van der Waals surface area (Å²) in [7, 11) is 0. The van der Waals surface area contributed by atoms with Crippen molar-refractivity contribution in [2.75, 3.05) is 0 Å². The highest BCUT2D eigenvalue weighted by Gasteiger charge is 2.31. The maximum Gasteiger partial charge on any atom is 0.326 e. The van der Waals surface area contributed by atoms with Crippen LogP contribution in [-0.2, 0) is 44.8 Å². The third-order valence-electron chi connectivity index (χ3n) is 6.78. The van der Waals surface area contributed by atoms with Crippen molar-refractivity contribution in [1.82, 2.24) is 26.6 Å². The predicted molar refractivity (Wildman–Crippen MR) is 167 cm³/mol. The van der Waals surface area contributed by atoms with E-state index in [-0.39, 0.29) is 25.2 Å². The zero-order chi connectivity index (χ0) is 35.8. The van der Waals surface area contributed by atoms with Gasteiger partial charge >= 0.3 is 11.9 Å². The lowest BCUT2D eigenvalue weighted by Gasteiger charge is -2.25. The van der Waals surface area contributed by atoms with E-state index in [1.54, 1.807) is 44.2 Å². The Kier molecular flexibility index (Phi) is 16.5. The summed E-state index contributed by atoms with van der Waals surface area (Å²) in [6.07, 6.45) is -1.24. The number of benzene rings is 1. The van der Waals surface area contributed by atoms with E-state index >= 15 is 0 Å². The minimum atomic E-state index is -1.43. The summed E-state index contributed by atoms with van der Waals surface area (Å²) >= 11 is 0. The second kappa shape index (κ2) is 19.5. The van der Waals surface area contributed by atoms with Gasteiger partial charge in [-0.15, -0.1) is 0 Å². The lowest BCUT2D eigenvalue weighted by molar-refractivity contribution is -0.142. The minimum absolute atomic E-state index is 0.0199. The van der Waals surface area contributed by atoms with Crippen LogP contribution in [0.1, 0.15) is 58.9 Å². The molecule has 17 heteroatoms. The number of amides is 6. The number of carboxylic acid groups (broad SMARTS) is 2. The van der Waals surface area contributed by atoms with Crippen molar-refractivity contribution >= 4 is 47.4 Å². The molecule has 11 N–H and O–H groups in total. The lowest BCUT2D eigenvalue weighted by Crippen LogP contribution is -2.58. The lowest BCUT2D eigenvalue weighted by atomic mass is 10.0. The summed E-state index contributed by atoms with van der Waals surface area (Å²) in [4.78, 5) is 98.2. The monoisotopic (exact) mass is 663 g/mol. The molecule has 0 radical (unpaired) electrons. The zero-order valence-electron chi connectivity index (χ0n) is 26.8. The molecule has 1 aromatic rings. The smallest absolute Gasteiger partial charge is 0.326 e. The average Bonchev–Trinajstić information content (AvgIpc) is 2.97. The number of nitrogens with two attached hydrogens (primary N) is 2. The van der Waals surface area contributed by atoms with Crippen molar-refractivity contribution in [3.63, 3.8) is 0 Å². The van der Waals surface area contributed by atoms with Crippen molar-refractivity contribution in [2.45, 2.75) is 96.1 Å². The molecule has 1 rings (SSSR count). The molecule has 0 unspecified atom stereocenters. The number of carbonyl (C=O) groups excluding carboxylic acids is 6. The Labute approximate surface area is 271 Å². The van der Waals surface area contributed by atoms with Crippen LogP contribution in [0, 0.1) is 5.92 Å². The largest absolute Gasteiger partial charge is 0.481 e. The number of rotatable bonds is 20. The highest BCUT2D eigenvalue weighted by atomic mass is 16.4. The highest BCUT2D eigenvalue weighted by Crippen LogP contribution is 2.08. The number of carbonyl (C=O) groups is 8. The van der Waals surface area contributed by atoms with Crippen LogP contribution in [-0.4, -0.2) is 93.8 Å². The Hall–Kier alpha value is -5.06. The van der Waals surface area contributed by atoms with Crippen molar-refractivity contribution in [3.05, 3.63) is 35.9 Å². The maximum atomic E-state index is 13.2. The molecular formula is C30H45N7O10. The van der Waals surface area contributed by atoms with E-state index < -0.39 is 96.5 Å². The van der Waals surface area contributed by atoms with Crippen molar-refractivity contribution < 1.29 is 48.6 Å². The van der Waals surface area contributed by atoms with Crippen LogP contribution in [0.4, 0.5) is 0 Å². The number of nitrogens with one attached hydrogen (secondary N) is 5. The second-order valence-corrected chi connectivity index (χ2v) is 11.5. The van der Waals surface area contributed by atoms with Crippen LogP contribution in [0.2, 0.25) is 0 Å². The third-order valence-corrected chi connectivity index (χ3v) is 6.78. The zero-order valence-corrected chi connectivity index (χ0v) is 26.8. The van der Waals surface area contributed by atoms with E-state index in [0.29, 0.717) is 5.56 Å². The van der Waals surface area contributed by atoms with E-state index in [0.717, 1.165) is 0 Å². The van der Waals surface area contributed by atoms with Gasteiger partial charge in [0.05, 0.1) is 12.5 Å². The molecule has 0 aliphatic rings. The molecule has 0 fully saturated rings. The fraction of sp³-hybridized carbons (Fsp3) is 0.533. The van der Waals surface area contributed by atoms with E-state index in [4.69, 9.17) is 16.6 Å². The fourth-order valence-corrected chi connectivity index (χ4v) is 4.23. The Balaban J connectivity index is 2.96. The molecule has 17 nitrogen and oxygen atoms in total. The summed E-state index contributed by atoms with van der Waals surface area (Å²) in [6.45, 7) is 6.20. The summed E-state index contributed by atoms with van der Waals surface area (Å²) in [6, 6.07) is 0.945. The van der Waals surface area contributed by atoms with Crippen LogP contribution < -0.4 is 38.1 Å². The second-order valence-electron chi connectivity index (χ2n) is 11.5. The van der Waals surface area contributed by atoms with Gasteiger partial charge in [-0.2, -0.15) is 0 Å². The fourth-order valence-electron chi connectivity index (χ4n) is 4.23. The first-order valence-electron chi connectivity index (χ1n) is 14.9. The normalized spacial score (nSPS) is 14.7. The first-order valence-corrected chi connectivity index (χ1v) is 14.9. The molecule has 0 aliphatic heterocycles. The molecule has 0 bridgehead atoms. The Morgan fingerprint density at radius 2 is 1.17 bits per heavy atom. The van der Waals surface area contributed by atoms with Crippen molar-refractivity contribution in [2.24, 2.45) is 17.4 Å². The van der Waals surface area contributed by atoms with Gasteiger partial charge in [-0.25, -0.2) is 4.79 Å². The molecular weight excluding hydrogens is 618 g/mol. The molecule has 0 spiro atoms. The minimum Gasteiger partial charge on any atom is -0.481 e. The molecule has 6 atom stereocenters. The number of aliphatic carboxylic acids is 2. The number of primary amides is 1. The SMILES string of the molecule is CC(C)C[C@H](NC(=O)[C@H](Cc1ccccc1)NC(=O)[C@H](C)NC(=O)[C@H](C)NC(=O)[C@H](CCC(=O)O)NC(=O)[C@@H](N)CC(N)=O)C(=O)O. The summed E-state index contributed by atoms with van der Waals surface area (Å²) < 4.78 is 0. The highest BCUT2D eigenvalue weighted by molar-refractivity contribution is 5.96. The average molecular weight is 664 g/mol. The molecule has 0 saturated heterocycles. The molecule has 0 aliphatic carbocycles. The van der Waals surface area contributed by atoms with Crippen LogP contribution in [0.25, 0.3) is 0 Å². The molecule has 0 aromatic heterocycles. The number of hydrogen-bond acceptors (Lipinski definition) is 9. The quantitative estimate of drug-likeness (QED) is 0.0727. The standard InChI is InChI=1S/C30H45N7O10/c1-15(2)12-22(30(46)47)37-29(45)21(13-18-8-6-5-7-9-18)36-26(42)17(4)33-25(41)16(3)34-28(44)20(10-11-24(39)40)35-27(43)19(31)14-23(32)38/h5-9,15-17,19-22H,10-14,31H2,1-4H3,(H2,32,38)(H,33,41)(H,34,44)(H,35,43)(H,36,42)(H,37,45)(H,39,40)(H,46,47)/t16-,17-,19-,20-,21-,22-/m0/s1. The molecule has 0 saturated carbocycles. The molecule has 47 heavy (non-hydrogen) atoms. The van der Waals surface area contributed by atoms with Gasteiger partial charge in [-0.05, 0) is 38.2 Å². The van der Waals surface area contributed by atoms with Crippen LogP contribution in [0.3, 0.4) is 0 Å². The molecule has 260 valence electrons. The van der Waals surface area contributed by atoms with Gasteiger partial charge in [0.1, 0.15) is 30.2 Å². The van der Waals surface area contributed by atoms with E-state index in [9.17, 15) is 43.5 Å².